The number of aromatic nitrogens is 2. The van der Waals surface area contributed by atoms with Crippen molar-refractivity contribution in [3.05, 3.63) is 52.7 Å². The number of carbonyl (C=O) groups excluding carboxylic acids is 1. The lowest BCUT2D eigenvalue weighted by atomic mass is 9.93. The average molecular weight is 465 g/mol. The summed E-state index contributed by atoms with van der Waals surface area (Å²) in [4.78, 5) is 17.3. The molecule has 0 spiro atoms. The van der Waals surface area contributed by atoms with E-state index in [1.807, 2.05) is 32.3 Å². The van der Waals surface area contributed by atoms with E-state index in [-0.39, 0.29) is 11.7 Å². The molecule has 8 heteroatoms. The second-order valence-corrected chi connectivity index (χ2v) is 9.59. The molecule has 1 saturated heterocycles. The number of likely N-dealkylation sites (N-methyl/N-ethyl adjacent to an activating group) is 1. The smallest absolute Gasteiger partial charge is 0.258 e. The average Bonchev–Trinajstić information content (AvgIpc) is 3.42. The van der Waals surface area contributed by atoms with Gasteiger partial charge in [0.25, 0.3) is 5.91 Å². The molecular weight excluding hydrogens is 432 g/mol. The number of carbonyl (C=O) groups is 1. The highest BCUT2D eigenvalue weighted by Gasteiger charge is 2.27. The van der Waals surface area contributed by atoms with Crippen LogP contribution in [0.4, 0.5) is 0 Å². The molecule has 5 rings (SSSR count). The summed E-state index contributed by atoms with van der Waals surface area (Å²) in [6, 6.07) is 9.39. The first-order valence-corrected chi connectivity index (χ1v) is 11.9. The summed E-state index contributed by atoms with van der Waals surface area (Å²) >= 11 is 0. The second kappa shape index (κ2) is 9.64. The standard InChI is InChI=1S/C26H32N4O4/c1-29(2)7-10-34-20-4-3-18-15-30(16-19(18)12-20)26(32)22-13-21-23(11-17-5-8-33-9-6-17)27-28-24(21)14-25(22)31/h3-4,12-14,17,31H,5-11,15-16H2,1-2H3,(H,27,28). The predicted octanol–water partition coefficient (Wildman–Crippen LogP) is 3.33. The number of nitrogens with zero attached hydrogens (tertiary/aromatic N) is 3. The molecule has 0 atom stereocenters. The molecule has 0 unspecified atom stereocenters. The number of phenolic OH excluding ortho intramolecular Hbond substituents is 1. The van der Waals surface area contributed by atoms with Gasteiger partial charge in [-0.25, -0.2) is 0 Å². The van der Waals surface area contributed by atoms with Crippen molar-refractivity contribution in [2.45, 2.75) is 32.4 Å². The highest BCUT2D eigenvalue weighted by Crippen LogP contribution is 2.33. The first-order valence-electron chi connectivity index (χ1n) is 11.9. The molecule has 0 bridgehead atoms. The fourth-order valence-corrected chi connectivity index (χ4v) is 4.79. The van der Waals surface area contributed by atoms with Gasteiger partial charge in [-0.3, -0.25) is 9.89 Å². The first-order chi connectivity index (χ1) is 16.5. The number of hydrogen-bond acceptors (Lipinski definition) is 6. The van der Waals surface area contributed by atoms with Crippen molar-refractivity contribution in [1.29, 1.82) is 0 Å². The fourth-order valence-electron chi connectivity index (χ4n) is 4.79. The zero-order valence-corrected chi connectivity index (χ0v) is 19.8. The number of ether oxygens (including phenoxy) is 2. The summed E-state index contributed by atoms with van der Waals surface area (Å²) in [5, 5.41) is 19.0. The Morgan fingerprint density at radius 1 is 1.21 bits per heavy atom. The summed E-state index contributed by atoms with van der Waals surface area (Å²) in [5.41, 5.74) is 4.20. The van der Waals surface area contributed by atoms with Gasteiger partial charge in [0.2, 0.25) is 0 Å². The predicted molar refractivity (Wildman–Crippen MR) is 129 cm³/mol. The number of phenols is 1. The highest BCUT2D eigenvalue weighted by molar-refractivity contribution is 6.01. The number of H-pyrrole nitrogens is 1. The lowest BCUT2D eigenvalue weighted by Crippen LogP contribution is -2.25. The van der Waals surface area contributed by atoms with Crippen molar-refractivity contribution < 1.29 is 19.4 Å². The zero-order chi connectivity index (χ0) is 23.7. The van der Waals surface area contributed by atoms with Crippen molar-refractivity contribution in [3.63, 3.8) is 0 Å². The van der Waals surface area contributed by atoms with Crippen LogP contribution in [0.2, 0.25) is 0 Å². The molecule has 2 N–H and O–H groups in total. The summed E-state index contributed by atoms with van der Waals surface area (Å²) in [6.45, 7) is 4.05. The van der Waals surface area contributed by atoms with E-state index in [1.165, 1.54) is 0 Å². The molecule has 1 aromatic heterocycles. The van der Waals surface area contributed by atoms with E-state index in [2.05, 4.69) is 15.1 Å². The Morgan fingerprint density at radius 3 is 2.79 bits per heavy atom. The van der Waals surface area contributed by atoms with E-state index in [9.17, 15) is 9.90 Å². The van der Waals surface area contributed by atoms with Crippen LogP contribution in [0, 0.1) is 5.92 Å². The minimum Gasteiger partial charge on any atom is -0.507 e. The minimum absolute atomic E-state index is 0.0368. The molecule has 0 aliphatic carbocycles. The first kappa shape index (κ1) is 22.7. The molecule has 0 saturated carbocycles. The van der Waals surface area contributed by atoms with Gasteiger partial charge in [0.05, 0.1) is 11.1 Å². The normalized spacial score (nSPS) is 16.4. The van der Waals surface area contributed by atoms with Gasteiger partial charge in [0.15, 0.2) is 0 Å². The number of rotatable bonds is 7. The van der Waals surface area contributed by atoms with E-state index in [0.29, 0.717) is 36.7 Å². The molecular formula is C26H32N4O4. The van der Waals surface area contributed by atoms with Crippen LogP contribution in [0.25, 0.3) is 10.9 Å². The Hall–Kier alpha value is -3.10. The van der Waals surface area contributed by atoms with Crippen LogP contribution < -0.4 is 4.74 Å². The number of benzene rings is 2. The maximum Gasteiger partial charge on any atom is 0.258 e. The Morgan fingerprint density at radius 2 is 2.00 bits per heavy atom. The Kier molecular flexibility index (Phi) is 6.43. The molecule has 3 heterocycles. The van der Waals surface area contributed by atoms with Gasteiger partial charge in [0, 0.05) is 50.0 Å². The SMILES string of the molecule is CN(C)CCOc1ccc2c(c1)CN(C(=O)c1cc3c(CC4CCOCC4)[nH]nc3cc1O)C2. The summed E-state index contributed by atoms with van der Waals surface area (Å²) < 4.78 is 11.3. The van der Waals surface area contributed by atoms with Crippen LogP contribution in [0.15, 0.2) is 30.3 Å². The molecule has 2 aromatic carbocycles. The number of nitrogens with one attached hydrogen (secondary N) is 1. The van der Waals surface area contributed by atoms with Gasteiger partial charge in [-0.2, -0.15) is 5.10 Å². The molecule has 3 aromatic rings. The van der Waals surface area contributed by atoms with Gasteiger partial charge >= 0.3 is 0 Å². The van der Waals surface area contributed by atoms with Crippen molar-refractivity contribution in [2.24, 2.45) is 5.92 Å². The number of fused-ring (bicyclic) bond motifs is 2. The van der Waals surface area contributed by atoms with E-state index < -0.39 is 0 Å². The fraction of sp³-hybridized carbons (Fsp3) is 0.462. The summed E-state index contributed by atoms with van der Waals surface area (Å²) in [5.74, 6) is 1.14. The lowest BCUT2D eigenvalue weighted by molar-refractivity contribution is 0.0663. The highest BCUT2D eigenvalue weighted by atomic mass is 16.5. The van der Waals surface area contributed by atoms with Crippen LogP contribution in [0.1, 0.15) is 40.0 Å². The van der Waals surface area contributed by atoms with E-state index in [1.54, 1.807) is 17.0 Å². The van der Waals surface area contributed by atoms with Crippen molar-refractivity contribution >= 4 is 16.8 Å². The molecule has 180 valence electrons. The number of aromatic hydroxyl groups is 1. The third kappa shape index (κ3) is 4.74. The minimum atomic E-state index is -0.177. The summed E-state index contributed by atoms with van der Waals surface area (Å²) in [6.07, 6.45) is 2.92. The zero-order valence-electron chi connectivity index (χ0n) is 19.8. The van der Waals surface area contributed by atoms with Crippen molar-refractivity contribution in [3.8, 4) is 11.5 Å². The third-order valence-electron chi connectivity index (χ3n) is 6.81. The Labute approximate surface area is 199 Å². The summed E-state index contributed by atoms with van der Waals surface area (Å²) in [7, 11) is 4.03. The van der Waals surface area contributed by atoms with Gasteiger partial charge in [-0.1, -0.05) is 6.07 Å². The molecule has 0 radical (unpaired) electrons. The van der Waals surface area contributed by atoms with Gasteiger partial charge in [-0.05, 0) is 68.6 Å². The van der Waals surface area contributed by atoms with E-state index in [4.69, 9.17) is 9.47 Å². The topological polar surface area (TPSA) is 90.9 Å². The second-order valence-electron chi connectivity index (χ2n) is 9.59. The lowest BCUT2D eigenvalue weighted by Gasteiger charge is -2.21. The van der Waals surface area contributed by atoms with Gasteiger partial charge in [0.1, 0.15) is 18.1 Å². The molecule has 1 fully saturated rings. The largest absolute Gasteiger partial charge is 0.507 e. The monoisotopic (exact) mass is 464 g/mol. The van der Waals surface area contributed by atoms with Crippen molar-refractivity contribution in [1.82, 2.24) is 20.0 Å². The molecule has 2 aliphatic heterocycles. The maximum absolute atomic E-state index is 13.4. The van der Waals surface area contributed by atoms with Gasteiger partial charge < -0.3 is 24.4 Å². The molecule has 8 nitrogen and oxygen atoms in total. The van der Waals surface area contributed by atoms with Gasteiger partial charge in [-0.15, -0.1) is 0 Å². The molecule has 34 heavy (non-hydrogen) atoms. The Balaban J connectivity index is 1.32. The van der Waals surface area contributed by atoms with Crippen LogP contribution in [-0.2, 0) is 24.2 Å². The van der Waals surface area contributed by atoms with Crippen LogP contribution in [-0.4, -0.2) is 71.5 Å². The number of aromatic amines is 1. The third-order valence-corrected chi connectivity index (χ3v) is 6.81. The quantitative estimate of drug-likeness (QED) is 0.557. The maximum atomic E-state index is 13.4. The van der Waals surface area contributed by atoms with Crippen LogP contribution in [0.5, 0.6) is 11.5 Å². The molecule has 1 amide bonds. The number of amides is 1. The molecule has 2 aliphatic rings. The van der Waals surface area contributed by atoms with Crippen LogP contribution in [0.3, 0.4) is 0 Å². The van der Waals surface area contributed by atoms with E-state index >= 15 is 0 Å². The number of hydrogen-bond donors (Lipinski definition) is 2. The van der Waals surface area contributed by atoms with Crippen molar-refractivity contribution in [2.75, 3.05) is 40.5 Å². The van der Waals surface area contributed by atoms with E-state index in [0.717, 1.165) is 67.0 Å². The van der Waals surface area contributed by atoms with Crippen LogP contribution >= 0.6 is 0 Å². The Bertz CT molecular complexity index is 1180.